The molecule has 1 fully saturated rings. The number of carbonyl (C=O) groups excluding carboxylic acids is 1. The smallest absolute Gasteiger partial charge is 0.416 e. The summed E-state index contributed by atoms with van der Waals surface area (Å²) in [6.45, 7) is 3.54. The van der Waals surface area contributed by atoms with E-state index < -0.39 is 34.1 Å². The Kier molecular flexibility index (Phi) is 7.84. The molecule has 0 aliphatic carbocycles. The zero-order valence-corrected chi connectivity index (χ0v) is 19.2. The molecule has 7 nitrogen and oxygen atoms in total. The highest BCUT2D eigenvalue weighted by Crippen LogP contribution is 2.33. The van der Waals surface area contributed by atoms with Gasteiger partial charge in [-0.3, -0.25) is 9.69 Å². The molecule has 34 heavy (non-hydrogen) atoms. The van der Waals surface area contributed by atoms with Gasteiger partial charge in [0, 0.05) is 37.8 Å². The standard InChI is InChI=1S/C22H25F4N3O4S/c1-15-11-28(12-16-2-5-19(23)6-3-16)8-9-29(15)21(30)13-33-20-7-4-18(22(24,25)26)10-17(20)14-34(27,31)32/h2-7,10,15H,8-9,11-14H2,1H3,(H2,27,31,32). The van der Waals surface area contributed by atoms with E-state index in [1.807, 2.05) is 6.92 Å². The number of halogens is 4. The van der Waals surface area contributed by atoms with Crippen LogP contribution in [-0.4, -0.2) is 56.4 Å². The lowest BCUT2D eigenvalue weighted by atomic mass is 10.1. The van der Waals surface area contributed by atoms with Gasteiger partial charge in [0.25, 0.3) is 5.91 Å². The van der Waals surface area contributed by atoms with Crippen LogP contribution in [0.2, 0.25) is 0 Å². The minimum Gasteiger partial charge on any atom is -0.483 e. The molecule has 1 atom stereocenters. The van der Waals surface area contributed by atoms with E-state index in [2.05, 4.69) is 4.90 Å². The Morgan fingerprint density at radius 3 is 2.41 bits per heavy atom. The Labute approximate surface area is 195 Å². The zero-order valence-electron chi connectivity index (χ0n) is 18.4. The Balaban J connectivity index is 1.62. The maximum absolute atomic E-state index is 13.1. The van der Waals surface area contributed by atoms with Crippen LogP contribution in [0.3, 0.4) is 0 Å². The predicted octanol–water partition coefficient (Wildman–Crippen LogP) is 2.74. The molecule has 1 amide bonds. The SMILES string of the molecule is CC1CN(Cc2ccc(F)cc2)CCN1C(=O)COc1ccc(C(F)(F)F)cc1CS(N)(=O)=O. The van der Waals surface area contributed by atoms with Gasteiger partial charge in [-0.1, -0.05) is 12.1 Å². The minimum atomic E-state index is -4.68. The number of nitrogens with two attached hydrogens (primary N) is 1. The lowest BCUT2D eigenvalue weighted by Crippen LogP contribution is -2.54. The second-order valence-electron chi connectivity index (χ2n) is 8.21. The number of primary sulfonamides is 1. The minimum absolute atomic E-state index is 0.155. The predicted molar refractivity (Wildman–Crippen MR) is 117 cm³/mol. The van der Waals surface area contributed by atoms with Gasteiger partial charge in [-0.25, -0.2) is 17.9 Å². The third kappa shape index (κ3) is 7.15. The Hall–Kier alpha value is -2.70. The van der Waals surface area contributed by atoms with Crippen LogP contribution in [0, 0.1) is 5.82 Å². The van der Waals surface area contributed by atoms with Gasteiger partial charge in [0.15, 0.2) is 6.61 Å². The summed E-state index contributed by atoms with van der Waals surface area (Å²) in [4.78, 5) is 16.5. The lowest BCUT2D eigenvalue weighted by Gasteiger charge is -2.39. The summed E-state index contributed by atoms with van der Waals surface area (Å²) in [5, 5.41) is 5.00. The number of benzene rings is 2. The topological polar surface area (TPSA) is 92.9 Å². The van der Waals surface area contributed by atoms with E-state index in [0.29, 0.717) is 32.2 Å². The van der Waals surface area contributed by atoms with E-state index >= 15 is 0 Å². The number of amides is 1. The molecule has 1 aliphatic rings. The molecule has 1 unspecified atom stereocenters. The first-order valence-electron chi connectivity index (χ1n) is 10.4. The number of carbonyl (C=O) groups is 1. The van der Waals surface area contributed by atoms with Gasteiger partial charge in [0.05, 0.1) is 11.3 Å². The van der Waals surface area contributed by atoms with Crippen LogP contribution in [-0.2, 0) is 33.3 Å². The van der Waals surface area contributed by atoms with Crippen molar-refractivity contribution in [2.75, 3.05) is 26.2 Å². The van der Waals surface area contributed by atoms with Crippen molar-refractivity contribution >= 4 is 15.9 Å². The Bertz CT molecular complexity index is 1120. The number of hydrogen-bond acceptors (Lipinski definition) is 5. The molecule has 2 aromatic rings. The molecule has 0 radical (unpaired) electrons. The van der Waals surface area contributed by atoms with Crippen LogP contribution >= 0.6 is 0 Å². The van der Waals surface area contributed by atoms with E-state index in [-0.39, 0.29) is 29.1 Å². The van der Waals surface area contributed by atoms with Gasteiger partial charge in [-0.2, -0.15) is 13.2 Å². The molecular formula is C22H25F4N3O4S. The normalized spacial score (nSPS) is 17.6. The van der Waals surface area contributed by atoms with Gasteiger partial charge >= 0.3 is 6.18 Å². The van der Waals surface area contributed by atoms with Crippen molar-refractivity contribution in [3.05, 3.63) is 65.0 Å². The second-order valence-corrected chi connectivity index (χ2v) is 9.83. The molecule has 1 aliphatic heterocycles. The van der Waals surface area contributed by atoms with Crippen molar-refractivity contribution in [1.29, 1.82) is 0 Å². The second kappa shape index (κ2) is 10.3. The summed E-state index contributed by atoms with van der Waals surface area (Å²) >= 11 is 0. The van der Waals surface area contributed by atoms with E-state index in [1.54, 1.807) is 17.0 Å². The maximum atomic E-state index is 13.1. The molecule has 0 spiro atoms. The number of rotatable bonds is 7. The van der Waals surface area contributed by atoms with Crippen LogP contribution < -0.4 is 9.88 Å². The molecular weight excluding hydrogens is 478 g/mol. The fourth-order valence-electron chi connectivity index (χ4n) is 3.84. The number of piperazine rings is 1. The summed E-state index contributed by atoms with van der Waals surface area (Å²) in [5.74, 6) is -1.71. The van der Waals surface area contributed by atoms with Crippen molar-refractivity contribution in [2.24, 2.45) is 5.14 Å². The zero-order chi connectivity index (χ0) is 25.1. The number of nitrogens with zero attached hydrogens (tertiary/aromatic N) is 2. The first-order chi connectivity index (χ1) is 15.8. The molecule has 0 aromatic heterocycles. The highest BCUT2D eigenvalue weighted by molar-refractivity contribution is 7.88. The van der Waals surface area contributed by atoms with Crippen molar-refractivity contribution in [3.63, 3.8) is 0 Å². The van der Waals surface area contributed by atoms with Gasteiger partial charge in [0.1, 0.15) is 11.6 Å². The summed E-state index contributed by atoms with van der Waals surface area (Å²) in [5.41, 5.74) is -0.376. The van der Waals surface area contributed by atoms with Gasteiger partial charge in [-0.05, 0) is 42.8 Å². The molecule has 186 valence electrons. The van der Waals surface area contributed by atoms with E-state index in [4.69, 9.17) is 9.88 Å². The highest BCUT2D eigenvalue weighted by Gasteiger charge is 2.32. The Morgan fingerprint density at radius 1 is 1.15 bits per heavy atom. The maximum Gasteiger partial charge on any atom is 0.416 e. The van der Waals surface area contributed by atoms with E-state index in [1.165, 1.54) is 12.1 Å². The average Bonchev–Trinajstić information content (AvgIpc) is 2.72. The Morgan fingerprint density at radius 2 is 1.82 bits per heavy atom. The van der Waals surface area contributed by atoms with Crippen LogP contribution in [0.5, 0.6) is 5.75 Å². The fourth-order valence-corrected chi connectivity index (χ4v) is 4.50. The summed E-state index contributed by atoms with van der Waals surface area (Å²) in [6, 6.07) is 8.42. The number of ether oxygens (including phenoxy) is 1. The van der Waals surface area contributed by atoms with E-state index in [9.17, 15) is 30.8 Å². The molecule has 12 heteroatoms. The van der Waals surface area contributed by atoms with Crippen LogP contribution in [0.25, 0.3) is 0 Å². The van der Waals surface area contributed by atoms with Crippen LogP contribution in [0.15, 0.2) is 42.5 Å². The third-order valence-electron chi connectivity index (χ3n) is 5.45. The van der Waals surface area contributed by atoms with Gasteiger partial charge < -0.3 is 9.64 Å². The van der Waals surface area contributed by atoms with Crippen LogP contribution in [0.1, 0.15) is 23.6 Å². The van der Waals surface area contributed by atoms with Crippen molar-refractivity contribution in [1.82, 2.24) is 9.80 Å². The van der Waals surface area contributed by atoms with Crippen molar-refractivity contribution < 1.29 is 35.5 Å². The van der Waals surface area contributed by atoms with E-state index in [0.717, 1.165) is 17.7 Å². The molecule has 0 bridgehead atoms. The third-order valence-corrected chi connectivity index (χ3v) is 6.16. The molecule has 1 heterocycles. The summed E-state index contributed by atoms with van der Waals surface area (Å²) in [6.07, 6.45) is -4.68. The molecule has 3 rings (SSSR count). The highest BCUT2D eigenvalue weighted by atomic mass is 32.2. The van der Waals surface area contributed by atoms with Crippen molar-refractivity contribution in [2.45, 2.75) is 31.4 Å². The molecule has 2 aromatic carbocycles. The lowest BCUT2D eigenvalue weighted by molar-refractivity contribution is -0.139. The number of sulfonamides is 1. The summed E-state index contributed by atoms with van der Waals surface area (Å²) < 4.78 is 80.5. The largest absolute Gasteiger partial charge is 0.483 e. The van der Waals surface area contributed by atoms with Gasteiger partial charge in [-0.15, -0.1) is 0 Å². The van der Waals surface area contributed by atoms with Crippen molar-refractivity contribution in [3.8, 4) is 5.75 Å². The molecule has 0 saturated carbocycles. The molecule has 1 saturated heterocycles. The molecule has 2 N–H and O–H groups in total. The van der Waals surface area contributed by atoms with Gasteiger partial charge in [0.2, 0.25) is 10.0 Å². The average molecular weight is 504 g/mol. The fraction of sp³-hybridized carbons (Fsp3) is 0.409. The summed E-state index contributed by atoms with van der Waals surface area (Å²) in [7, 11) is -4.13. The quantitative estimate of drug-likeness (QED) is 0.587. The number of alkyl halides is 3. The van der Waals surface area contributed by atoms with Crippen LogP contribution in [0.4, 0.5) is 17.6 Å². The monoisotopic (exact) mass is 503 g/mol. The first-order valence-corrected chi connectivity index (χ1v) is 12.1. The first kappa shape index (κ1) is 25.9. The number of hydrogen-bond donors (Lipinski definition) is 1.